The van der Waals surface area contributed by atoms with Crippen molar-refractivity contribution < 1.29 is 9.53 Å². The summed E-state index contributed by atoms with van der Waals surface area (Å²) in [4.78, 5) is 14.3. The normalized spacial score (nSPS) is 23.6. The quantitative estimate of drug-likeness (QED) is 0.754. The Hall–Kier alpha value is -0.810. The van der Waals surface area contributed by atoms with E-state index in [1.54, 1.807) is 0 Å². The highest BCUT2D eigenvalue weighted by atomic mass is 16.6. The van der Waals surface area contributed by atoms with Crippen LogP contribution in [0.1, 0.15) is 66.7 Å². The molecule has 0 aromatic carbocycles. The standard InChI is InChI=1S/C18H37N3O2/c1-7-14(2)21(6)12-11-19-15-9-8-10-16(13-15)20-17(22)23-18(3,4)5/h14-16,19H,7-13H2,1-6H3,(H,20,22). The second-order valence-corrected chi connectivity index (χ2v) is 7.90. The van der Waals surface area contributed by atoms with Gasteiger partial charge in [0.2, 0.25) is 0 Å². The molecule has 0 aromatic rings. The largest absolute Gasteiger partial charge is 0.444 e. The zero-order valence-corrected chi connectivity index (χ0v) is 15.9. The molecule has 1 aliphatic rings. The number of amides is 1. The van der Waals surface area contributed by atoms with Gasteiger partial charge in [-0.2, -0.15) is 0 Å². The SMILES string of the molecule is CCC(C)N(C)CCNC1CCCC(NC(=O)OC(C)(C)C)C1. The third-order valence-electron chi connectivity index (χ3n) is 4.64. The van der Waals surface area contributed by atoms with Crippen molar-refractivity contribution in [1.82, 2.24) is 15.5 Å². The summed E-state index contributed by atoms with van der Waals surface area (Å²) in [6.45, 7) is 12.2. The van der Waals surface area contributed by atoms with E-state index in [9.17, 15) is 4.79 Å². The minimum atomic E-state index is -0.434. The summed E-state index contributed by atoms with van der Waals surface area (Å²) in [5.74, 6) is 0. The molecule has 1 amide bonds. The summed E-state index contributed by atoms with van der Waals surface area (Å²) in [5, 5.41) is 6.67. The first-order valence-corrected chi connectivity index (χ1v) is 9.14. The van der Waals surface area contributed by atoms with Gasteiger partial charge in [-0.15, -0.1) is 0 Å². The van der Waals surface area contributed by atoms with Crippen LogP contribution in [0.2, 0.25) is 0 Å². The molecule has 5 heteroatoms. The zero-order chi connectivity index (χ0) is 17.5. The van der Waals surface area contributed by atoms with Crippen LogP contribution in [0.25, 0.3) is 0 Å². The number of ether oxygens (including phenoxy) is 1. The van der Waals surface area contributed by atoms with Gasteiger partial charge in [-0.1, -0.05) is 6.92 Å². The van der Waals surface area contributed by atoms with Crippen molar-refractivity contribution in [3.63, 3.8) is 0 Å². The van der Waals surface area contributed by atoms with Gasteiger partial charge in [-0.3, -0.25) is 0 Å². The average molecular weight is 328 g/mol. The third-order valence-corrected chi connectivity index (χ3v) is 4.64. The lowest BCUT2D eigenvalue weighted by atomic mass is 9.91. The van der Waals surface area contributed by atoms with E-state index >= 15 is 0 Å². The first-order chi connectivity index (χ1) is 10.7. The number of alkyl carbamates (subject to hydrolysis) is 1. The summed E-state index contributed by atoms with van der Waals surface area (Å²) in [7, 11) is 2.18. The highest BCUT2D eigenvalue weighted by molar-refractivity contribution is 5.68. The number of nitrogens with one attached hydrogen (secondary N) is 2. The van der Waals surface area contributed by atoms with E-state index in [0.29, 0.717) is 12.1 Å². The number of carbonyl (C=O) groups is 1. The molecular weight excluding hydrogens is 290 g/mol. The van der Waals surface area contributed by atoms with Gasteiger partial charge in [0.25, 0.3) is 0 Å². The van der Waals surface area contributed by atoms with Gasteiger partial charge in [0.1, 0.15) is 5.60 Å². The van der Waals surface area contributed by atoms with Gasteiger partial charge in [0, 0.05) is 31.2 Å². The van der Waals surface area contributed by atoms with E-state index in [0.717, 1.165) is 32.4 Å². The van der Waals surface area contributed by atoms with Crippen molar-refractivity contribution in [3.05, 3.63) is 0 Å². The van der Waals surface area contributed by atoms with Crippen LogP contribution in [0.4, 0.5) is 4.79 Å². The minimum absolute atomic E-state index is 0.225. The highest BCUT2D eigenvalue weighted by Gasteiger charge is 2.25. The maximum atomic E-state index is 11.9. The van der Waals surface area contributed by atoms with Gasteiger partial charge in [0.05, 0.1) is 0 Å². The molecule has 0 saturated heterocycles. The number of carbonyl (C=O) groups excluding carboxylic acids is 1. The molecule has 1 rings (SSSR count). The van der Waals surface area contributed by atoms with Gasteiger partial charge in [-0.25, -0.2) is 4.79 Å². The number of hydrogen-bond acceptors (Lipinski definition) is 4. The summed E-state index contributed by atoms with van der Waals surface area (Å²) >= 11 is 0. The predicted octanol–water partition coefficient (Wildman–Crippen LogP) is 3.14. The van der Waals surface area contributed by atoms with Crippen molar-refractivity contribution in [1.29, 1.82) is 0 Å². The molecule has 2 N–H and O–H groups in total. The molecule has 1 saturated carbocycles. The predicted molar refractivity (Wildman–Crippen MR) is 95.8 cm³/mol. The Morgan fingerprint density at radius 3 is 2.57 bits per heavy atom. The van der Waals surface area contributed by atoms with Crippen LogP contribution in [0.15, 0.2) is 0 Å². The van der Waals surface area contributed by atoms with Crippen molar-refractivity contribution in [2.45, 2.75) is 90.4 Å². The first kappa shape index (κ1) is 20.2. The lowest BCUT2D eigenvalue weighted by Gasteiger charge is -2.32. The molecule has 3 unspecified atom stereocenters. The molecule has 0 radical (unpaired) electrons. The van der Waals surface area contributed by atoms with Crippen molar-refractivity contribution in [2.75, 3.05) is 20.1 Å². The van der Waals surface area contributed by atoms with Crippen LogP contribution in [-0.4, -0.2) is 54.9 Å². The molecule has 1 fully saturated rings. The summed E-state index contributed by atoms with van der Waals surface area (Å²) in [6.07, 6.45) is 5.27. The molecule has 0 aliphatic heterocycles. The Kier molecular flexibility index (Phi) is 8.34. The molecule has 0 heterocycles. The molecular formula is C18H37N3O2. The summed E-state index contributed by atoms with van der Waals surface area (Å²) in [5.41, 5.74) is -0.434. The lowest BCUT2D eigenvalue weighted by Crippen LogP contribution is -2.47. The molecule has 0 spiro atoms. The Labute approximate surface area is 142 Å². The third kappa shape index (κ3) is 8.56. The second kappa shape index (κ2) is 9.48. The van der Waals surface area contributed by atoms with E-state index < -0.39 is 5.60 Å². The average Bonchev–Trinajstić information content (AvgIpc) is 2.44. The molecule has 1 aliphatic carbocycles. The van der Waals surface area contributed by atoms with Crippen molar-refractivity contribution in [2.24, 2.45) is 0 Å². The second-order valence-electron chi connectivity index (χ2n) is 7.90. The Morgan fingerprint density at radius 2 is 1.96 bits per heavy atom. The zero-order valence-electron chi connectivity index (χ0n) is 15.9. The molecule has 0 bridgehead atoms. The van der Waals surface area contributed by atoms with Crippen LogP contribution >= 0.6 is 0 Å². The number of nitrogens with zero attached hydrogens (tertiary/aromatic N) is 1. The van der Waals surface area contributed by atoms with E-state index in [4.69, 9.17) is 4.74 Å². The summed E-state index contributed by atoms with van der Waals surface area (Å²) < 4.78 is 5.35. The van der Waals surface area contributed by atoms with E-state index in [-0.39, 0.29) is 12.1 Å². The van der Waals surface area contributed by atoms with E-state index in [2.05, 4.69) is 36.4 Å². The number of hydrogen-bond donors (Lipinski definition) is 2. The van der Waals surface area contributed by atoms with Gasteiger partial charge >= 0.3 is 6.09 Å². The van der Waals surface area contributed by atoms with E-state index in [1.807, 2.05) is 20.8 Å². The van der Waals surface area contributed by atoms with Crippen molar-refractivity contribution >= 4 is 6.09 Å². The summed E-state index contributed by atoms with van der Waals surface area (Å²) in [6, 6.07) is 1.35. The van der Waals surface area contributed by atoms with E-state index in [1.165, 1.54) is 12.8 Å². The van der Waals surface area contributed by atoms with Crippen LogP contribution in [0.5, 0.6) is 0 Å². The van der Waals surface area contributed by atoms with Crippen LogP contribution in [0, 0.1) is 0 Å². The molecule has 3 atom stereocenters. The van der Waals surface area contributed by atoms with Gasteiger partial charge in [0.15, 0.2) is 0 Å². The molecule has 5 nitrogen and oxygen atoms in total. The monoisotopic (exact) mass is 327 g/mol. The molecule has 23 heavy (non-hydrogen) atoms. The first-order valence-electron chi connectivity index (χ1n) is 9.14. The Morgan fingerprint density at radius 1 is 1.30 bits per heavy atom. The van der Waals surface area contributed by atoms with Gasteiger partial charge < -0.3 is 20.3 Å². The van der Waals surface area contributed by atoms with Crippen LogP contribution in [-0.2, 0) is 4.74 Å². The Balaban J connectivity index is 2.28. The fraction of sp³-hybridized carbons (Fsp3) is 0.944. The molecule has 136 valence electrons. The maximum Gasteiger partial charge on any atom is 0.407 e. The van der Waals surface area contributed by atoms with Crippen LogP contribution in [0.3, 0.4) is 0 Å². The molecule has 0 aromatic heterocycles. The van der Waals surface area contributed by atoms with Crippen molar-refractivity contribution in [3.8, 4) is 0 Å². The van der Waals surface area contributed by atoms with Crippen LogP contribution < -0.4 is 10.6 Å². The fourth-order valence-corrected chi connectivity index (χ4v) is 2.96. The lowest BCUT2D eigenvalue weighted by molar-refractivity contribution is 0.0488. The maximum absolute atomic E-state index is 11.9. The smallest absolute Gasteiger partial charge is 0.407 e. The Bertz CT molecular complexity index is 355. The topological polar surface area (TPSA) is 53.6 Å². The highest BCUT2D eigenvalue weighted by Crippen LogP contribution is 2.19. The minimum Gasteiger partial charge on any atom is -0.444 e. The number of likely N-dealkylation sites (N-methyl/N-ethyl adjacent to an activating group) is 1. The number of rotatable bonds is 7. The van der Waals surface area contributed by atoms with Gasteiger partial charge in [-0.05, 0) is 66.8 Å². The fourth-order valence-electron chi connectivity index (χ4n) is 2.96.